The first-order valence-corrected chi connectivity index (χ1v) is 3.44. The van der Waals surface area contributed by atoms with Gasteiger partial charge in [-0.1, -0.05) is 0 Å². The van der Waals surface area contributed by atoms with Gasteiger partial charge in [-0.25, -0.2) is 4.79 Å². The Kier molecular flexibility index (Phi) is 110. The Balaban J connectivity index is -0.0000000332. The van der Waals surface area contributed by atoms with E-state index in [1.165, 1.54) is 0 Å². The maximum Gasteiger partial charge on any atom is 0.312 e. The summed E-state index contributed by atoms with van der Waals surface area (Å²) in [5, 5.41) is 23.4. The number of urea groups is 1. The summed E-state index contributed by atoms with van der Waals surface area (Å²) >= 11 is 0. The molecule has 0 unspecified atom stereocenters. The van der Waals surface area contributed by atoms with Crippen molar-refractivity contribution in [2.24, 2.45) is 5.73 Å². The summed E-state index contributed by atoms with van der Waals surface area (Å²) in [5.41, 5.74) is 4.70. The van der Waals surface area contributed by atoms with Crippen molar-refractivity contribution in [3.8, 4) is 0 Å². The van der Waals surface area contributed by atoms with Gasteiger partial charge in [0.25, 0.3) is 0 Å². The average molecular weight is 245 g/mol. The van der Waals surface area contributed by atoms with Crippen molar-refractivity contribution in [3.63, 3.8) is 0 Å². The molecule has 0 aromatic rings. The summed E-state index contributed by atoms with van der Waals surface area (Å²) in [6.07, 6.45) is 0.683. The first-order chi connectivity index (χ1) is 6.27. The zero-order chi connectivity index (χ0) is 11.7. The van der Waals surface area contributed by atoms with Crippen molar-refractivity contribution in [1.82, 2.24) is 5.32 Å². The molecule has 6 N–H and O–H groups in total. The summed E-state index contributed by atoms with van der Waals surface area (Å²) in [5.74, 6) is 0. The molecule has 0 rings (SSSR count). The zero-order valence-corrected chi connectivity index (χ0v) is 10.5. The van der Waals surface area contributed by atoms with E-state index < -0.39 is 6.03 Å². The van der Waals surface area contributed by atoms with Gasteiger partial charge in [0.2, 0.25) is 0 Å². The molecule has 0 saturated carbocycles. The third kappa shape index (κ3) is 93.8. The quantitative estimate of drug-likeness (QED) is 0.307. The van der Waals surface area contributed by atoms with E-state index in [0.29, 0.717) is 13.0 Å². The number of rotatable bonds is 2. The number of nitrogens with one attached hydrogen (secondary N) is 1. The van der Waals surface area contributed by atoms with Crippen LogP contribution in [0, 0.1) is 6.92 Å². The van der Waals surface area contributed by atoms with Gasteiger partial charge in [0.15, 0.2) is 0 Å². The van der Waals surface area contributed by atoms with Gasteiger partial charge in [-0.3, -0.25) is 0 Å². The van der Waals surface area contributed by atoms with Gasteiger partial charge in [0, 0.05) is 43.0 Å². The van der Waals surface area contributed by atoms with Crippen molar-refractivity contribution in [2.75, 3.05) is 27.9 Å². The average Bonchev–Trinajstić information content (AvgIpc) is 2.24. The fourth-order valence-electron chi connectivity index (χ4n) is 0.212. The van der Waals surface area contributed by atoms with E-state index in [2.05, 4.69) is 12.2 Å². The summed E-state index contributed by atoms with van der Waals surface area (Å²) in [4.78, 5) is 9.84. The molecule has 88 valence electrons. The van der Waals surface area contributed by atoms with E-state index in [0.717, 1.165) is 21.3 Å². The standard InChI is InChI=1S/C4H9N2O.3CH4O.Ti/c1-2-3-6-4(5)7;3*1-2;/h1-3H2,(H3,5,6,7);3*2H,1H3;/q-1;;;;. The van der Waals surface area contributed by atoms with Gasteiger partial charge >= 0.3 is 6.03 Å². The van der Waals surface area contributed by atoms with Crippen LogP contribution in [0.3, 0.4) is 0 Å². The fourth-order valence-corrected chi connectivity index (χ4v) is 0.212. The molecule has 0 aromatic heterocycles. The third-order valence-electron chi connectivity index (χ3n) is 0.476. The monoisotopic (exact) mass is 245 g/mol. The van der Waals surface area contributed by atoms with Crippen LogP contribution < -0.4 is 11.1 Å². The Morgan fingerprint density at radius 1 is 1.21 bits per heavy atom. The predicted octanol–water partition coefficient (Wildman–Crippen LogP) is -1.30. The molecule has 2 amide bonds. The second-order valence-corrected chi connectivity index (χ2v) is 1.14. The van der Waals surface area contributed by atoms with Gasteiger partial charge in [-0.15, -0.1) is 0 Å². The minimum atomic E-state index is -0.483. The predicted molar refractivity (Wildman–Crippen MR) is 52.0 cm³/mol. The molecule has 0 radical (unpaired) electrons. The topological polar surface area (TPSA) is 116 Å². The van der Waals surface area contributed by atoms with E-state index in [1.807, 2.05) is 0 Å². The van der Waals surface area contributed by atoms with Crippen LogP contribution in [0.15, 0.2) is 0 Å². The molecular weight excluding hydrogens is 224 g/mol. The molecule has 6 nitrogen and oxygen atoms in total. The number of hydrogen-bond donors (Lipinski definition) is 5. The van der Waals surface area contributed by atoms with Crippen molar-refractivity contribution in [1.29, 1.82) is 0 Å². The van der Waals surface area contributed by atoms with Crippen LogP contribution in [-0.2, 0) is 21.7 Å². The van der Waals surface area contributed by atoms with Crippen LogP contribution in [0.2, 0.25) is 0 Å². The normalized spacial score (nSPS) is 5.36. The smallest absolute Gasteiger partial charge is 0.312 e. The van der Waals surface area contributed by atoms with Crippen LogP contribution in [0.1, 0.15) is 6.42 Å². The fraction of sp³-hybridized carbons (Fsp3) is 0.714. The van der Waals surface area contributed by atoms with E-state index >= 15 is 0 Å². The molecule has 0 aliphatic rings. The van der Waals surface area contributed by atoms with Crippen LogP contribution in [0.5, 0.6) is 0 Å². The second-order valence-electron chi connectivity index (χ2n) is 1.14. The Morgan fingerprint density at radius 2 is 1.50 bits per heavy atom. The number of amides is 2. The third-order valence-corrected chi connectivity index (χ3v) is 0.476. The number of primary amides is 1. The molecule has 0 atom stereocenters. The number of hydrogen-bond acceptors (Lipinski definition) is 4. The summed E-state index contributed by atoms with van der Waals surface area (Å²) in [6, 6.07) is -0.483. The molecule has 7 heteroatoms. The molecule has 0 fully saturated rings. The Labute approximate surface area is 100 Å². The van der Waals surface area contributed by atoms with Gasteiger partial charge < -0.3 is 33.3 Å². The Bertz CT molecular complexity index is 76.7. The molecule has 0 spiro atoms. The number of aliphatic hydroxyl groups excluding tert-OH is 3. The summed E-state index contributed by atoms with van der Waals surface area (Å²) in [6.45, 7) is 4.05. The zero-order valence-electron chi connectivity index (χ0n) is 8.95. The van der Waals surface area contributed by atoms with Crippen molar-refractivity contribution in [3.05, 3.63) is 6.92 Å². The molecule has 0 aliphatic heterocycles. The summed E-state index contributed by atoms with van der Waals surface area (Å²) in [7, 11) is 3.00. The van der Waals surface area contributed by atoms with Crippen molar-refractivity contribution >= 4 is 6.03 Å². The first kappa shape index (κ1) is 29.2. The number of carbonyl (C=O) groups is 1. The Morgan fingerprint density at radius 3 is 1.57 bits per heavy atom. The molecule has 0 aliphatic carbocycles. The van der Waals surface area contributed by atoms with Gasteiger partial charge in [0.1, 0.15) is 0 Å². The van der Waals surface area contributed by atoms with Crippen LogP contribution in [0.25, 0.3) is 0 Å². The van der Waals surface area contributed by atoms with Crippen molar-refractivity contribution < 1.29 is 41.8 Å². The number of nitrogens with two attached hydrogens (primary N) is 1. The molecular formula is C7H21N2O4Ti-. The van der Waals surface area contributed by atoms with Crippen LogP contribution in [0.4, 0.5) is 4.79 Å². The first-order valence-electron chi connectivity index (χ1n) is 3.44. The minimum Gasteiger partial charge on any atom is -0.400 e. The van der Waals surface area contributed by atoms with E-state index in [9.17, 15) is 4.79 Å². The molecule has 0 bridgehead atoms. The number of carbonyl (C=O) groups excluding carboxylic acids is 1. The maximum atomic E-state index is 9.84. The minimum absolute atomic E-state index is 0. The molecule has 0 heterocycles. The molecule has 0 aromatic carbocycles. The number of aliphatic hydroxyl groups is 3. The van der Waals surface area contributed by atoms with Gasteiger partial charge in [0.05, 0.1) is 0 Å². The maximum absolute atomic E-state index is 9.84. The van der Waals surface area contributed by atoms with Crippen LogP contribution in [-0.4, -0.2) is 49.2 Å². The van der Waals surface area contributed by atoms with E-state index in [4.69, 9.17) is 21.1 Å². The largest absolute Gasteiger partial charge is 0.400 e. The van der Waals surface area contributed by atoms with E-state index in [-0.39, 0.29) is 21.7 Å². The second kappa shape index (κ2) is 52.7. The van der Waals surface area contributed by atoms with Gasteiger partial charge in [-0.05, 0) is 6.54 Å². The van der Waals surface area contributed by atoms with E-state index in [1.54, 1.807) is 0 Å². The molecule has 14 heavy (non-hydrogen) atoms. The summed E-state index contributed by atoms with van der Waals surface area (Å²) < 4.78 is 0. The molecule has 0 saturated heterocycles. The SMILES string of the molecule is CO.CO.CO.[CH2-]CCNC(N)=O.[Ti]. The Hall–Kier alpha value is -0.136. The van der Waals surface area contributed by atoms with Crippen LogP contribution >= 0.6 is 0 Å². The van der Waals surface area contributed by atoms with Crippen molar-refractivity contribution in [2.45, 2.75) is 6.42 Å². The van der Waals surface area contributed by atoms with Gasteiger partial charge in [-0.2, -0.15) is 6.42 Å².